The van der Waals surface area contributed by atoms with Crippen LogP contribution in [0.1, 0.15) is 34.8 Å². The number of fused-ring (bicyclic) bond motifs is 1. The zero-order valence-corrected chi connectivity index (χ0v) is 12.7. The summed E-state index contributed by atoms with van der Waals surface area (Å²) in [6.45, 7) is 3.84. The fraction of sp³-hybridized carbons (Fsp3) is 0.333. The molecule has 0 aliphatic carbocycles. The molecule has 0 saturated carbocycles. The Morgan fingerprint density at radius 1 is 1.48 bits per heavy atom. The number of nitrogens with zero attached hydrogens (tertiary/aromatic N) is 2. The number of hydrogen-bond acceptors (Lipinski definition) is 6. The molecule has 21 heavy (non-hydrogen) atoms. The third-order valence-corrected chi connectivity index (χ3v) is 4.34. The molecule has 0 unspecified atom stereocenters. The SMILES string of the molecule is CCCOC(=O)c1ccc2c(c1N)CN(c1nccs1)C2. The molecular weight excluding hydrogens is 286 g/mol. The lowest BCUT2D eigenvalue weighted by Gasteiger charge is -2.13. The van der Waals surface area contributed by atoms with Gasteiger partial charge >= 0.3 is 5.97 Å². The number of thiazole rings is 1. The molecule has 0 fully saturated rings. The lowest BCUT2D eigenvalue weighted by molar-refractivity contribution is 0.0506. The summed E-state index contributed by atoms with van der Waals surface area (Å²) in [7, 11) is 0. The number of carbonyl (C=O) groups excluding carboxylic acids is 1. The van der Waals surface area contributed by atoms with Crippen molar-refractivity contribution in [3.05, 3.63) is 40.4 Å². The van der Waals surface area contributed by atoms with Crippen LogP contribution in [-0.4, -0.2) is 17.6 Å². The van der Waals surface area contributed by atoms with Gasteiger partial charge in [0.25, 0.3) is 0 Å². The third-order valence-electron chi connectivity index (χ3n) is 3.51. The van der Waals surface area contributed by atoms with Crippen LogP contribution < -0.4 is 10.6 Å². The van der Waals surface area contributed by atoms with Gasteiger partial charge in [-0.25, -0.2) is 9.78 Å². The Bertz CT molecular complexity index is 655. The Morgan fingerprint density at radius 3 is 3.05 bits per heavy atom. The van der Waals surface area contributed by atoms with E-state index in [4.69, 9.17) is 10.5 Å². The van der Waals surface area contributed by atoms with Gasteiger partial charge in [-0.2, -0.15) is 0 Å². The number of nitrogens with two attached hydrogens (primary N) is 1. The van der Waals surface area contributed by atoms with E-state index in [1.54, 1.807) is 23.6 Å². The van der Waals surface area contributed by atoms with Crippen LogP contribution >= 0.6 is 11.3 Å². The molecule has 0 atom stereocenters. The lowest BCUT2D eigenvalue weighted by atomic mass is 10.0. The van der Waals surface area contributed by atoms with Crippen LogP contribution in [-0.2, 0) is 17.8 Å². The molecule has 1 aromatic carbocycles. The first-order valence-corrected chi connectivity index (χ1v) is 7.80. The molecule has 0 bridgehead atoms. The number of anilines is 2. The Labute approximate surface area is 127 Å². The predicted molar refractivity (Wildman–Crippen MR) is 83.4 cm³/mol. The van der Waals surface area contributed by atoms with Crippen molar-refractivity contribution >= 4 is 28.1 Å². The van der Waals surface area contributed by atoms with Crippen molar-refractivity contribution in [2.75, 3.05) is 17.2 Å². The summed E-state index contributed by atoms with van der Waals surface area (Å²) in [6, 6.07) is 3.72. The van der Waals surface area contributed by atoms with Gasteiger partial charge in [-0.3, -0.25) is 0 Å². The predicted octanol–water partition coefficient (Wildman–Crippen LogP) is 2.81. The number of aromatic nitrogens is 1. The monoisotopic (exact) mass is 303 g/mol. The molecule has 2 heterocycles. The third kappa shape index (κ3) is 2.58. The molecular formula is C15H17N3O2S. The number of esters is 1. The van der Waals surface area contributed by atoms with Gasteiger partial charge in [0.2, 0.25) is 0 Å². The number of rotatable bonds is 4. The average molecular weight is 303 g/mol. The molecule has 5 nitrogen and oxygen atoms in total. The molecule has 3 rings (SSSR count). The number of benzene rings is 1. The minimum absolute atomic E-state index is 0.343. The Balaban J connectivity index is 1.85. The van der Waals surface area contributed by atoms with Crippen molar-refractivity contribution in [2.24, 2.45) is 0 Å². The highest BCUT2D eigenvalue weighted by Gasteiger charge is 2.25. The maximum atomic E-state index is 12.0. The maximum absolute atomic E-state index is 12.0. The van der Waals surface area contributed by atoms with E-state index in [2.05, 4.69) is 9.88 Å². The first kappa shape index (κ1) is 13.9. The van der Waals surface area contributed by atoms with E-state index in [1.165, 1.54) is 0 Å². The van der Waals surface area contributed by atoms with Crippen molar-refractivity contribution in [2.45, 2.75) is 26.4 Å². The van der Waals surface area contributed by atoms with Gasteiger partial charge in [-0.15, -0.1) is 11.3 Å². The van der Waals surface area contributed by atoms with Crippen molar-refractivity contribution in [3.8, 4) is 0 Å². The first-order chi connectivity index (χ1) is 10.2. The highest BCUT2D eigenvalue weighted by molar-refractivity contribution is 7.13. The molecule has 0 spiro atoms. The number of hydrogen-bond donors (Lipinski definition) is 1. The van der Waals surface area contributed by atoms with Crippen LogP contribution in [0.4, 0.5) is 10.8 Å². The van der Waals surface area contributed by atoms with E-state index >= 15 is 0 Å². The van der Waals surface area contributed by atoms with E-state index in [9.17, 15) is 4.79 Å². The zero-order valence-electron chi connectivity index (χ0n) is 11.8. The molecule has 2 N–H and O–H groups in total. The maximum Gasteiger partial charge on any atom is 0.340 e. The smallest absolute Gasteiger partial charge is 0.340 e. The van der Waals surface area contributed by atoms with Crippen LogP contribution in [0.2, 0.25) is 0 Å². The fourth-order valence-corrected chi connectivity index (χ4v) is 3.10. The highest BCUT2D eigenvalue weighted by atomic mass is 32.1. The second-order valence-corrected chi connectivity index (χ2v) is 5.84. The molecule has 1 aromatic heterocycles. The largest absolute Gasteiger partial charge is 0.462 e. The number of nitrogen functional groups attached to an aromatic ring is 1. The van der Waals surface area contributed by atoms with E-state index in [-0.39, 0.29) is 5.97 Å². The summed E-state index contributed by atoms with van der Waals surface area (Å²) < 4.78 is 5.17. The van der Waals surface area contributed by atoms with E-state index in [0.29, 0.717) is 24.4 Å². The van der Waals surface area contributed by atoms with Gasteiger partial charge in [0.05, 0.1) is 17.9 Å². The molecule has 0 amide bonds. The van der Waals surface area contributed by atoms with Crippen molar-refractivity contribution in [1.29, 1.82) is 0 Å². The summed E-state index contributed by atoms with van der Waals surface area (Å²) in [5.74, 6) is -0.343. The molecule has 6 heteroatoms. The summed E-state index contributed by atoms with van der Waals surface area (Å²) in [5.41, 5.74) is 9.33. The van der Waals surface area contributed by atoms with E-state index in [0.717, 1.165) is 29.2 Å². The normalized spacial score (nSPS) is 13.3. The Morgan fingerprint density at radius 2 is 2.33 bits per heavy atom. The van der Waals surface area contributed by atoms with Gasteiger partial charge in [-0.1, -0.05) is 13.0 Å². The van der Waals surface area contributed by atoms with Crippen molar-refractivity contribution in [3.63, 3.8) is 0 Å². The lowest BCUT2D eigenvalue weighted by Crippen LogP contribution is -2.14. The van der Waals surface area contributed by atoms with E-state index in [1.807, 2.05) is 18.4 Å². The minimum atomic E-state index is -0.343. The Hall–Kier alpha value is -2.08. The second-order valence-electron chi connectivity index (χ2n) is 4.97. The van der Waals surface area contributed by atoms with Crippen LogP contribution in [0.5, 0.6) is 0 Å². The number of ether oxygens (including phenoxy) is 1. The van der Waals surface area contributed by atoms with E-state index < -0.39 is 0 Å². The first-order valence-electron chi connectivity index (χ1n) is 6.92. The summed E-state index contributed by atoms with van der Waals surface area (Å²) >= 11 is 1.60. The van der Waals surface area contributed by atoms with Gasteiger partial charge in [0.15, 0.2) is 5.13 Å². The molecule has 0 radical (unpaired) electrons. The topological polar surface area (TPSA) is 68.5 Å². The van der Waals surface area contributed by atoms with Crippen molar-refractivity contribution in [1.82, 2.24) is 4.98 Å². The summed E-state index contributed by atoms with van der Waals surface area (Å²) in [5, 5.41) is 2.93. The molecule has 2 aromatic rings. The van der Waals surface area contributed by atoms with Crippen molar-refractivity contribution < 1.29 is 9.53 Å². The Kier molecular flexibility index (Phi) is 3.79. The number of carbonyl (C=O) groups is 1. The van der Waals surface area contributed by atoms with Gasteiger partial charge in [-0.05, 0) is 18.1 Å². The summed E-state index contributed by atoms with van der Waals surface area (Å²) in [4.78, 5) is 18.5. The average Bonchev–Trinajstić information content (AvgIpc) is 3.13. The zero-order chi connectivity index (χ0) is 14.8. The van der Waals surface area contributed by atoms with Gasteiger partial charge in [0.1, 0.15) is 0 Å². The van der Waals surface area contributed by atoms with Crippen LogP contribution in [0.3, 0.4) is 0 Å². The second kappa shape index (κ2) is 5.73. The molecule has 110 valence electrons. The van der Waals surface area contributed by atoms with Crippen LogP contribution in [0.15, 0.2) is 23.7 Å². The molecule has 1 aliphatic rings. The fourth-order valence-electron chi connectivity index (χ4n) is 2.45. The van der Waals surface area contributed by atoms with Crippen LogP contribution in [0.25, 0.3) is 0 Å². The minimum Gasteiger partial charge on any atom is -0.462 e. The van der Waals surface area contributed by atoms with Gasteiger partial charge in [0, 0.05) is 30.2 Å². The quantitative estimate of drug-likeness (QED) is 0.695. The standard InChI is InChI=1S/C15H17N3O2S/c1-2-6-20-14(19)11-4-3-10-8-18(9-12(10)13(11)16)15-17-5-7-21-15/h3-5,7H,2,6,8-9,16H2,1H3. The highest BCUT2D eigenvalue weighted by Crippen LogP contribution is 2.34. The van der Waals surface area contributed by atoms with Gasteiger partial charge < -0.3 is 15.4 Å². The van der Waals surface area contributed by atoms with Crippen LogP contribution in [0, 0.1) is 0 Å². The molecule has 0 saturated heterocycles. The summed E-state index contributed by atoms with van der Waals surface area (Å²) in [6.07, 6.45) is 2.59. The molecule has 1 aliphatic heterocycles.